The van der Waals surface area contributed by atoms with Crippen LogP contribution in [0.4, 0.5) is 5.69 Å². The van der Waals surface area contributed by atoms with Crippen molar-refractivity contribution >= 4 is 27.2 Å². The van der Waals surface area contributed by atoms with Crippen molar-refractivity contribution in [2.75, 3.05) is 7.05 Å². The van der Waals surface area contributed by atoms with E-state index < -0.39 is 0 Å². The monoisotopic (exact) mass is 278 g/mol. The molecule has 0 heterocycles. The molecule has 2 N–H and O–H groups in total. The van der Waals surface area contributed by atoms with Crippen molar-refractivity contribution < 1.29 is 5.32 Å². The van der Waals surface area contributed by atoms with Crippen molar-refractivity contribution in [1.29, 1.82) is 0 Å². The zero-order valence-electron chi connectivity index (χ0n) is 13.4. The highest BCUT2D eigenvalue weighted by atomic mass is 14.8. The van der Waals surface area contributed by atoms with Gasteiger partial charge in [0.2, 0.25) is 0 Å². The van der Waals surface area contributed by atoms with E-state index in [1.165, 1.54) is 32.8 Å². The molecule has 0 amide bonds. The van der Waals surface area contributed by atoms with E-state index in [2.05, 4.69) is 81.7 Å². The first-order chi connectivity index (χ1) is 10.1. The molecule has 3 aromatic rings. The Morgan fingerprint density at radius 1 is 0.810 bits per heavy atom. The Kier molecular flexibility index (Phi) is 3.46. The van der Waals surface area contributed by atoms with E-state index in [1.54, 1.807) is 0 Å². The minimum atomic E-state index is 0.172. The minimum Gasteiger partial charge on any atom is -0.315 e. The molecule has 0 unspecified atom stereocenters. The molecule has 3 aromatic carbocycles. The Balaban J connectivity index is 2.59. The molecule has 0 bridgehead atoms. The third kappa shape index (κ3) is 2.13. The summed E-state index contributed by atoms with van der Waals surface area (Å²) in [5, 5.41) is 7.78. The van der Waals surface area contributed by atoms with Crippen LogP contribution in [0.5, 0.6) is 0 Å². The van der Waals surface area contributed by atoms with Crippen molar-refractivity contribution in [2.45, 2.75) is 32.6 Å². The van der Waals surface area contributed by atoms with Gasteiger partial charge in [-0.15, -0.1) is 0 Å². The summed E-state index contributed by atoms with van der Waals surface area (Å²) in [6, 6.07) is 17.6. The Morgan fingerprint density at radius 2 is 1.29 bits per heavy atom. The van der Waals surface area contributed by atoms with Gasteiger partial charge in [-0.3, -0.25) is 0 Å². The van der Waals surface area contributed by atoms with E-state index >= 15 is 0 Å². The topological polar surface area (TPSA) is 16.6 Å². The average Bonchev–Trinajstić information content (AvgIpc) is 2.53. The van der Waals surface area contributed by atoms with Crippen LogP contribution in [0.3, 0.4) is 0 Å². The van der Waals surface area contributed by atoms with Crippen LogP contribution in [0, 0.1) is 0 Å². The average molecular weight is 278 g/mol. The summed E-state index contributed by atoms with van der Waals surface area (Å²) in [6.07, 6.45) is 1.14. The molecule has 0 saturated carbocycles. The van der Waals surface area contributed by atoms with Crippen LogP contribution in [-0.4, -0.2) is 7.05 Å². The maximum absolute atomic E-state index is 2.36. The van der Waals surface area contributed by atoms with E-state index in [9.17, 15) is 0 Å². The summed E-state index contributed by atoms with van der Waals surface area (Å²) >= 11 is 0. The van der Waals surface area contributed by atoms with Gasteiger partial charge in [0.15, 0.2) is 0 Å². The lowest BCUT2D eigenvalue weighted by Crippen LogP contribution is -2.73. The van der Waals surface area contributed by atoms with Gasteiger partial charge in [0.05, 0.1) is 7.05 Å². The lowest BCUT2D eigenvalue weighted by Gasteiger charge is -2.27. The molecule has 21 heavy (non-hydrogen) atoms. The normalized spacial score (nSPS) is 12.2. The first-order valence-electron chi connectivity index (χ1n) is 7.83. The van der Waals surface area contributed by atoms with Crippen LogP contribution in [-0.2, 0) is 5.41 Å². The second kappa shape index (κ2) is 5.16. The number of hydrogen-bond acceptors (Lipinski definition) is 0. The van der Waals surface area contributed by atoms with Crippen LogP contribution in [0.2, 0.25) is 0 Å². The van der Waals surface area contributed by atoms with Gasteiger partial charge in [-0.1, -0.05) is 63.2 Å². The molecule has 1 nitrogen and oxygen atoms in total. The third-order valence-corrected chi connectivity index (χ3v) is 4.82. The second-order valence-electron chi connectivity index (χ2n) is 6.41. The second-order valence-corrected chi connectivity index (χ2v) is 6.41. The Labute approximate surface area is 127 Å². The molecule has 0 aliphatic heterocycles. The zero-order valence-corrected chi connectivity index (χ0v) is 13.4. The number of quaternary nitrogens is 1. The van der Waals surface area contributed by atoms with Crippen LogP contribution in [0.1, 0.15) is 32.8 Å². The molecule has 3 rings (SSSR count). The summed E-state index contributed by atoms with van der Waals surface area (Å²) in [6.45, 7) is 7.00. The SMILES string of the molecule is CCC(C)(C)c1c([NH2+]C)c2ccccc2c2ccccc12. The molecule has 0 aliphatic carbocycles. The summed E-state index contributed by atoms with van der Waals surface area (Å²) in [5.41, 5.74) is 3.06. The maximum Gasteiger partial charge on any atom is 0.141 e. The molecule has 1 heteroatoms. The number of benzene rings is 3. The summed E-state index contributed by atoms with van der Waals surface area (Å²) in [4.78, 5) is 0. The molecule has 108 valence electrons. The molecular weight excluding hydrogens is 254 g/mol. The molecule has 0 fully saturated rings. The molecule has 0 aromatic heterocycles. The van der Waals surface area contributed by atoms with Crippen LogP contribution < -0.4 is 5.32 Å². The van der Waals surface area contributed by atoms with Crippen LogP contribution in [0.15, 0.2) is 48.5 Å². The van der Waals surface area contributed by atoms with Crippen molar-refractivity contribution in [2.24, 2.45) is 0 Å². The highest BCUT2D eigenvalue weighted by Gasteiger charge is 2.28. The number of rotatable bonds is 3. The Hall–Kier alpha value is -1.86. The van der Waals surface area contributed by atoms with Gasteiger partial charge >= 0.3 is 0 Å². The standard InChI is InChI=1S/C20H23N/c1-5-20(2,3)18-16-12-8-6-10-14(16)15-11-7-9-13-17(15)19(18)21-4/h6-13,21H,5H2,1-4H3/p+1. The molecule has 0 radical (unpaired) electrons. The van der Waals surface area contributed by atoms with Crippen molar-refractivity contribution in [3.05, 3.63) is 54.1 Å². The van der Waals surface area contributed by atoms with Gasteiger partial charge in [0, 0.05) is 10.9 Å². The number of nitrogens with two attached hydrogens (primary N) is 1. The fourth-order valence-electron chi connectivity index (χ4n) is 3.37. The van der Waals surface area contributed by atoms with E-state index in [0.29, 0.717) is 0 Å². The Bertz CT molecular complexity index is 799. The van der Waals surface area contributed by atoms with E-state index in [0.717, 1.165) is 6.42 Å². The van der Waals surface area contributed by atoms with Gasteiger partial charge in [0.1, 0.15) is 5.69 Å². The maximum atomic E-state index is 2.36. The first kappa shape index (κ1) is 14.1. The molecule has 0 atom stereocenters. The van der Waals surface area contributed by atoms with Gasteiger partial charge in [-0.2, -0.15) is 0 Å². The molecule has 0 spiro atoms. The minimum absolute atomic E-state index is 0.172. The van der Waals surface area contributed by atoms with E-state index in [-0.39, 0.29) is 5.41 Å². The summed E-state index contributed by atoms with van der Waals surface area (Å²) in [7, 11) is 2.16. The Morgan fingerprint density at radius 3 is 1.81 bits per heavy atom. The fraction of sp³-hybridized carbons (Fsp3) is 0.300. The summed E-state index contributed by atoms with van der Waals surface area (Å²) < 4.78 is 0. The number of hydrogen-bond donors (Lipinski definition) is 1. The zero-order chi connectivity index (χ0) is 15.0. The quantitative estimate of drug-likeness (QED) is 0.536. The third-order valence-electron chi connectivity index (χ3n) is 4.82. The van der Waals surface area contributed by atoms with Crippen molar-refractivity contribution in [3.63, 3.8) is 0 Å². The predicted molar refractivity (Wildman–Crippen MR) is 92.3 cm³/mol. The van der Waals surface area contributed by atoms with Gasteiger partial charge in [0.25, 0.3) is 0 Å². The van der Waals surface area contributed by atoms with Gasteiger partial charge in [-0.05, 0) is 34.1 Å². The molecule has 0 saturated heterocycles. The van der Waals surface area contributed by atoms with Crippen molar-refractivity contribution in [1.82, 2.24) is 0 Å². The lowest BCUT2D eigenvalue weighted by molar-refractivity contribution is -0.538. The van der Waals surface area contributed by atoms with Gasteiger partial charge < -0.3 is 5.32 Å². The van der Waals surface area contributed by atoms with Gasteiger partial charge in [-0.25, -0.2) is 0 Å². The largest absolute Gasteiger partial charge is 0.315 e. The summed E-state index contributed by atoms with van der Waals surface area (Å²) in [5.74, 6) is 0. The highest BCUT2D eigenvalue weighted by Crippen LogP contribution is 2.41. The smallest absolute Gasteiger partial charge is 0.141 e. The lowest BCUT2D eigenvalue weighted by atomic mass is 9.77. The van der Waals surface area contributed by atoms with Crippen molar-refractivity contribution in [3.8, 4) is 0 Å². The molecular formula is C20H24N+. The highest BCUT2D eigenvalue weighted by molar-refractivity contribution is 6.13. The fourth-order valence-corrected chi connectivity index (χ4v) is 3.37. The first-order valence-corrected chi connectivity index (χ1v) is 7.83. The van der Waals surface area contributed by atoms with Crippen LogP contribution in [0.25, 0.3) is 21.5 Å². The van der Waals surface area contributed by atoms with E-state index in [1.807, 2.05) is 0 Å². The van der Waals surface area contributed by atoms with E-state index in [4.69, 9.17) is 0 Å². The molecule has 0 aliphatic rings. The van der Waals surface area contributed by atoms with Crippen LogP contribution >= 0.6 is 0 Å². The predicted octanol–water partition coefficient (Wildman–Crippen LogP) is 4.51. The number of fused-ring (bicyclic) bond motifs is 3.